The molecule has 0 bridgehead atoms. The molecule has 1 aliphatic heterocycles. The van der Waals surface area contributed by atoms with Crippen LogP contribution in [0.4, 0.5) is 0 Å². The maximum Gasteiger partial charge on any atom is 0.261 e. The van der Waals surface area contributed by atoms with Crippen LogP contribution in [0.3, 0.4) is 0 Å². The summed E-state index contributed by atoms with van der Waals surface area (Å²) in [6, 6.07) is 12.2. The van der Waals surface area contributed by atoms with Gasteiger partial charge in [-0.3, -0.25) is 9.69 Å². The average molecular weight is 359 g/mol. The number of benzene rings is 1. The molecule has 4 nitrogen and oxygen atoms in total. The van der Waals surface area contributed by atoms with Crippen molar-refractivity contribution in [2.45, 2.75) is 31.7 Å². The van der Waals surface area contributed by atoms with Gasteiger partial charge in [0.2, 0.25) is 0 Å². The average Bonchev–Trinajstić information content (AvgIpc) is 3.06. The van der Waals surface area contributed by atoms with Gasteiger partial charge in [0.15, 0.2) is 0 Å². The van der Waals surface area contributed by atoms with Gasteiger partial charge in [-0.05, 0) is 55.1 Å². The van der Waals surface area contributed by atoms with Crippen molar-refractivity contribution >= 4 is 17.2 Å². The number of hydrogen-bond acceptors (Lipinski definition) is 4. The summed E-state index contributed by atoms with van der Waals surface area (Å²) in [7, 11) is 1.68. The number of thiophene rings is 1. The van der Waals surface area contributed by atoms with Crippen molar-refractivity contribution in [3.63, 3.8) is 0 Å². The van der Waals surface area contributed by atoms with Crippen LogP contribution in [0.2, 0.25) is 0 Å². The van der Waals surface area contributed by atoms with Crippen LogP contribution in [0.5, 0.6) is 5.75 Å². The molecule has 2 aromatic rings. The van der Waals surface area contributed by atoms with Crippen molar-refractivity contribution < 1.29 is 9.53 Å². The molecule has 0 aliphatic carbocycles. The van der Waals surface area contributed by atoms with Gasteiger partial charge >= 0.3 is 0 Å². The molecule has 1 fully saturated rings. The zero-order valence-corrected chi connectivity index (χ0v) is 15.6. The summed E-state index contributed by atoms with van der Waals surface area (Å²) in [5, 5.41) is 5.06. The Hall–Kier alpha value is -1.85. The standard InChI is InChI=1S/C20H26N2O2S/c1-24-17-10-8-16(9-11-17)18(22-12-4-2-3-5-13-22)15-21-20(23)19-7-6-14-25-19/h6-11,14,18H,2-5,12-13,15H2,1H3,(H,21,23). The molecule has 25 heavy (non-hydrogen) atoms. The summed E-state index contributed by atoms with van der Waals surface area (Å²) < 4.78 is 5.28. The highest BCUT2D eigenvalue weighted by Gasteiger charge is 2.22. The van der Waals surface area contributed by atoms with Gasteiger partial charge in [-0.25, -0.2) is 0 Å². The van der Waals surface area contributed by atoms with E-state index in [-0.39, 0.29) is 11.9 Å². The Balaban J connectivity index is 1.74. The van der Waals surface area contributed by atoms with E-state index in [1.54, 1.807) is 7.11 Å². The summed E-state index contributed by atoms with van der Waals surface area (Å²) in [6.07, 6.45) is 5.05. The molecule has 5 heteroatoms. The first kappa shape index (κ1) is 18.0. The summed E-state index contributed by atoms with van der Waals surface area (Å²) in [5.41, 5.74) is 1.23. The van der Waals surface area contributed by atoms with Crippen LogP contribution in [-0.2, 0) is 0 Å². The molecule has 0 spiro atoms. The monoisotopic (exact) mass is 358 g/mol. The minimum absolute atomic E-state index is 0.0170. The van der Waals surface area contributed by atoms with Gasteiger partial charge in [-0.1, -0.05) is 31.0 Å². The van der Waals surface area contributed by atoms with Crippen LogP contribution < -0.4 is 10.1 Å². The lowest BCUT2D eigenvalue weighted by atomic mass is 10.0. The minimum Gasteiger partial charge on any atom is -0.497 e. The highest BCUT2D eigenvalue weighted by Crippen LogP contribution is 2.25. The molecule has 1 saturated heterocycles. The largest absolute Gasteiger partial charge is 0.497 e. The fourth-order valence-electron chi connectivity index (χ4n) is 3.37. The van der Waals surface area contributed by atoms with Gasteiger partial charge in [0.25, 0.3) is 5.91 Å². The Bertz CT molecular complexity index is 647. The number of hydrogen-bond donors (Lipinski definition) is 1. The second-order valence-corrected chi connectivity index (χ2v) is 7.37. The Morgan fingerprint density at radius 2 is 1.88 bits per heavy atom. The maximum atomic E-state index is 12.4. The highest BCUT2D eigenvalue weighted by molar-refractivity contribution is 7.12. The number of nitrogens with one attached hydrogen (secondary N) is 1. The molecule has 1 aromatic heterocycles. The second kappa shape index (κ2) is 9.02. The lowest BCUT2D eigenvalue weighted by Crippen LogP contribution is -2.38. The third-order valence-corrected chi connectivity index (χ3v) is 5.65. The van der Waals surface area contributed by atoms with Crippen molar-refractivity contribution in [2.75, 3.05) is 26.7 Å². The molecule has 1 unspecified atom stereocenters. The van der Waals surface area contributed by atoms with Gasteiger partial charge in [0, 0.05) is 6.54 Å². The first-order valence-corrected chi connectivity index (χ1v) is 9.85. The molecular weight excluding hydrogens is 332 g/mol. The van der Waals surface area contributed by atoms with Crippen molar-refractivity contribution in [3.05, 3.63) is 52.2 Å². The molecule has 0 radical (unpaired) electrons. The van der Waals surface area contributed by atoms with E-state index in [4.69, 9.17) is 4.74 Å². The Labute approximate surface area is 153 Å². The van der Waals surface area contributed by atoms with E-state index < -0.39 is 0 Å². The SMILES string of the molecule is COc1ccc(C(CNC(=O)c2cccs2)N2CCCCCC2)cc1. The van der Waals surface area contributed by atoms with E-state index in [9.17, 15) is 4.79 Å². The van der Waals surface area contributed by atoms with E-state index >= 15 is 0 Å². The first-order chi connectivity index (χ1) is 12.3. The van der Waals surface area contributed by atoms with E-state index in [1.807, 2.05) is 29.6 Å². The van der Waals surface area contributed by atoms with Crippen molar-refractivity contribution in [1.82, 2.24) is 10.2 Å². The quantitative estimate of drug-likeness (QED) is 0.845. The second-order valence-electron chi connectivity index (χ2n) is 6.43. The summed E-state index contributed by atoms with van der Waals surface area (Å²) in [6.45, 7) is 2.81. The Kier molecular flexibility index (Phi) is 6.48. The normalized spacial score (nSPS) is 16.8. The smallest absolute Gasteiger partial charge is 0.261 e. The number of amides is 1. The van der Waals surface area contributed by atoms with Crippen LogP contribution in [0.1, 0.15) is 47.0 Å². The molecule has 0 saturated carbocycles. The van der Waals surface area contributed by atoms with Crippen molar-refractivity contribution in [3.8, 4) is 5.75 Å². The van der Waals surface area contributed by atoms with Crippen LogP contribution in [0, 0.1) is 0 Å². The van der Waals surface area contributed by atoms with Crippen LogP contribution in [0.25, 0.3) is 0 Å². The zero-order chi connectivity index (χ0) is 17.5. The number of ether oxygens (including phenoxy) is 1. The Morgan fingerprint density at radius 3 is 2.48 bits per heavy atom. The fraction of sp³-hybridized carbons (Fsp3) is 0.450. The Morgan fingerprint density at radius 1 is 1.16 bits per heavy atom. The summed E-state index contributed by atoms with van der Waals surface area (Å²) >= 11 is 1.48. The third-order valence-electron chi connectivity index (χ3n) is 4.78. The molecule has 1 N–H and O–H groups in total. The molecule has 134 valence electrons. The van der Waals surface area contributed by atoms with Gasteiger partial charge in [-0.15, -0.1) is 11.3 Å². The minimum atomic E-state index is 0.0170. The van der Waals surface area contributed by atoms with E-state index in [0.717, 1.165) is 23.7 Å². The number of methoxy groups -OCH3 is 1. The van der Waals surface area contributed by atoms with Crippen LogP contribution in [0.15, 0.2) is 41.8 Å². The number of nitrogens with zero attached hydrogens (tertiary/aromatic N) is 1. The van der Waals surface area contributed by atoms with Gasteiger partial charge in [0.05, 0.1) is 18.0 Å². The van der Waals surface area contributed by atoms with Gasteiger partial charge in [-0.2, -0.15) is 0 Å². The highest BCUT2D eigenvalue weighted by atomic mass is 32.1. The predicted molar refractivity (Wildman–Crippen MR) is 102 cm³/mol. The maximum absolute atomic E-state index is 12.4. The number of carbonyl (C=O) groups excluding carboxylic acids is 1. The molecule has 1 amide bonds. The third kappa shape index (κ3) is 4.83. The predicted octanol–water partition coefficient (Wildman–Crippen LogP) is 4.10. The van der Waals surface area contributed by atoms with Gasteiger partial charge < -0.3 is 10.1 Å². The summed E-state index contributed by atoms with van der Waals surface area (Å²) in [5.74, 6) is 0.879. The molecule has 1 aliphatic rings. The molecule has 1 aromatic carbocycles. The van der Waals surface area contributed by atoms with E-state index in [0.29, 0.717) is 6.54 Å². The van der Waals surface area contributed by atoms with E-state index in [2.05, 4.69) is 22.3 Å². The number of carbonyl (C=O) groups is 1. The van der Waals surface area contributed by atoms with E-state index in [1.165, 1.54) is 42.6 Å². The molecular formula is C20H26N2O2S. The fourth-order valence-corrected chi connectivity index (χ4v) is 4.01. The van der Waals surface area contributed by atoms with Gasteiger partial charge in [0.1, 0.15) is 5.75 Å². The number of likely N-dealkylation sites (tertiary alicyclic amines) is 1. The lowest BCUT2D eigenvalue weighted by Gasteiger charge is -2.31. The zero-order valence-electron chi connectivity index (χ0n) is 14.7. The molecule has 2 heterocycles. The topological polar surface area (TPSA) is 41.6 Å². The van der Waals surface area contributed by atoms with Crippen LogP contribution in [-0.4, -0.2) is 37.6 Å². The van der Waals surface area contributed by atoms with Crippen LogP contribution >= 0.6 is 11.3 Å². The first-order valence-electron chi connectivity index (χ1n) is 8.97. The molecule has 1 atom stereocenters. The summed E-state index contributed by atoms with van der Waals surface area (Å²) in [4.78, 5) is 15.6. The number of rotatable bonds is 6. The molecule has 3 rings (SSSR count). The van der Waals surface area contributed by atoms with Crippen molar-refractivity contribution in [2.24, 2.45) is 0 Å². The van der Waals surface area contributed by atoms with Crippen molar-refractivity contribution in [1.29, 1.82) is 0 Å². The lowest BCUT2D eigenvalue weighted by molar-refractivity contribution is 0.0937.